The van der Waals surface area contributed by atoms with Crippen LogP contribution in [0.3, 0.4) is 0 Å². The second kappa shape index (κ2) is 15.5. The van der Waals surface area contributed by atoms with Crippen LogP contribution < -0.4 is 0 Å². The SMILES string of the molecule is CCCCCCCCCCCCCC[C@H]1OS(=O)(=O)O[C@H]1[C@H](CO[Si](C)(C)C(C)(C)C)N=[N+]=[N-]. The van der Waals surface area contributed by atoms with Crippen LogP contribution in [0.25, 0.3) is 10.4 Å². The van der Waals surface area contributed by atoms with Crippen molar-refractivity contribution in [3.63, 3.8) is 0 Å². The van der Waals surface area contributed by atoms with Crippen molar-refractivity contribution in [2.45, 2.75) is 148 Å². The van der Waals surface area contributed by atoms with Gasteiger partial charge < -0.3 is 4.43 Å². The van der Waals surface area contributed by atoms with E-state index in [0.717, 1.165) is 19.3 Å². The van der Waals surface area contributed by atoms with E-state index in [0.29, 0.717) is 6.42 Å². The van der Waals surface area contributed by atoms with E-state index in [9.17, 15) is 8.42 Å². The van der Waals surface area contributed by atoms with Gasteiger partial charge in [-0.05, 0) is 30.1 Å². The molecule has 3 atom stereocenters. The van der Waals surface area contributed by atoms with E-state index < -0.39 is 37.0 Å². The van der Waals surface area contributed by atoms with Crippen LogP contribution >= 0.6 is 0 Å². The molecule has 200 valence electrons. The third-order valence-electron chi connectivity index (χ3n) is 7.18. The molecule has 0 aromatic rings. The second-order valence-electron chi connectivity index (χ2n) is 11.1. The van der Waals surface area contributed by atoms with E-state index in [2.05, 4.69) is 50.8 Å². The Bertz CT molecular complexity index is 721. The van der Waals surface area contributed by atoms with Gasteiger partial charge in [0.15, 0.2) is 8.32 Å². The highest BCUT2D eigenvalue weighted by Gasteiger charge is 2.45. The average molecular weight is 520 g/mol. The lowest BCUT2D eigenvalue weighted by Crippen LogP contribution is -2.45. The van der Waals surface area contributed by atoms with Gasteiger partial charge >= 0.3 is 10.4 Å². The molecule has 1 aliphatic heterocycles. The third kappa shape index (κ3) is 11.9. The molecule has 10 heteroatoms. The molecule has 0 unspecified atom stereocenters. The Morgan fingerprint density at radius 1 is 0.941 bits per heavy atom. The Kier molecular flexibility index (Phi) is 14.3. The Morgan fingerprint density at radius 3 is 1.91 bits per heavy atom. The molecule has 1 heterocycles. The molecule has 0 bridgehead atoms. The minimum atomic E-state index is -4.08. The molecular formula is C24H49N3O5SSi. The molecule has 0 aromatic heterocycles. The van der Waals surface area contributed by atoms with Crippen molar-refractivity contribution in [2.24, 2.45) is 5.11 Å². The molecule has 0 spiro atoms. The minimum Gasteiger partial charge on any atom is -0.416 e. The Labute approximate surface area is 209 Å². The molecule has 0 aliphatic carbocycles. The van der Waals surface area contributed by atoms with Gasteiger partial charge in [0, 0.05) is 11.5 Å². The van der Waals surface area contributed by atoms with Crippen molar-refractivity contribution in [1.29, 1.82) is 0 Å². The fourth-order valence-electron chi connectivity index (χ4n) is 3.91. The van der Waals surface area contributed by atoms with Gasteiger partial charge in [-0.2, -0.15) is 8.42 Å². The van der Waals surface area contributed by atoms with E-state index in [1.807, 2.05) is 0 Å². The van der Waals surface area contributed by atoms with Crippen LogP contribution in [0, 0.1) is 0 Å². The number of azide groups is 1. The normalized spacial score (nSPS) is 21.4. The molecule has 0 N–H and O–H groups in total. The predicted molar refractivity (Wildman–Crippen MR) is 140 cm³/mol. The van der Waals surface area contributed by atoms with Crippen molar-refractivity contribution in [1.82, 2.24) is 0 Å². The van der Waals surface area contributed by atoms with Crippen molar-refractivity contribution in [3.8, 4) is 0 Å². The van der Waals surface area contributed by atoms with Gasteiger partial charge in [-0.25, -0.2) is 8.37 Å². The molecule has 8 nitrogen and oxygen atoms in total. The summed E-state index contributed by atoms with van der Waals surface area (Å²) in [4.78, 5) is 2.92. The quantitative estimate of drug-likeness (QED) is 0.0602. The molecule has 0 aromatic carbocycles. The van der Waals surface area contributed by atoms with E-state index in [1.165, 1.54) is 57.8 Å². The summed E-state index contributed by atoms with van der Waals surface area (Å²) in [6.45, 7) is 12.9. The second-order valence-corrected chi connectivity index (χ2v) is 17.1. The van der Waals surface area contributed by atoms with E-state index in [-0.39, 0.29) is 11.6 Å². The summed E-state index contributed by atoms with van der Waals surface area (Å²) in [5.41, 5.74) is 9.06. The van der Waals surface area contributed by atoms with Gasteiger partial charge in [0.05, 0.1) is 6.04 Å². The lowest BCUT2D eigenvalue weighted by molar-refractivity contribution is 0.0966. The number of nitrogens with zero attached hydrogens (tertiary/aromatic N) is 3. The van der Waals surface area contributed by atoms with Crippen molar-refractivity contribution in [2.75, 3.05) is 6.61 Å². The Morgan fingerprint density at radius 2 is 1.44 bits per heavy atom. The Balaban J connectivity index is 2.44. The van der Waals surface area contributed by atoms with Gasteiger partial charge in [-0.15, -0.1) is 0 Å². The van der Waals surface area contributed by atoms with Crippen LogP contribution in [0.15, 0.2) is 5.11 Å². The summed E-state index contributed by atoms with van der Waals surface area (Å²) in [6, 6.07) is -0.751. The maximum atomic E-state index is 12.0. The molecule has 1 aliphatic rings. The standard InChI is InChI=1S/C24H49N3O5SSi/c1-7-8-9-10-11-12-13-14-15-16-17-18-19-22-23(32-33(28,29)31-22)21(26-27-25)20-30-34(5,6)24(2,3)4/h21-23H,7-20H2,1-6H3/t21-,22+,23-/m0/s1. The Hall–Kier alpha value is -0.643. The topological polar surface area (TPSA) is 111 Å². The molecule has 1 fully saturated rings. The third-order valence-corrected chi connectivity index (χ3v) is 12.6. The molecule has 1 rings (SSSR count). The van der Waals surface area contributed by atoms with Crippen LogP contribution in [-0.4, -0.2) is 41.6 Å². The first kappa shape index (κ1) is 31.4. The molecule has 0 radical (unpaired) electrons. The zero-order valence-corrected chi connectivity index (χ0v) is 24.2. The fourth-order valence-corrected chi connectivity index (χ4v) is 6.01. The summed E-state index contributed by atoms with van der Waals surface area (Å²) >= 11 is 0. The van der Waals surface area contributed by atoms with Gasteiger partial charge in [0.2, 0.25) is 0 Å². The summed E-state index contributed by atoms with van der Waals surface area (Å²) in [5, 5.41) is 3.81. The lowest BCUT2D eigenvalue weighted by atomic mass is 10.00. The van der Waals surface area contributed by atoms with Crippen LogP contribution in [0.1, 0.15) is 111 Å². The van der Waals surface area contributed by atoms with Crippen LogP contribution in [-0.2, 0) is 23.2 Å². The van der Waals surface area contributed by atoms with Crippen molar-refractivity contribution < 1.29 is 21.2 Å². The fraction of sp³-hybridized carbons (Fsp3) is 1.00. The van der Waals surface area contributed by atoms with Gasteiger partial charge in [0.1, 0.15) is 12.2 Å². The average Bonchev–Trinajstić information content (AvgIpc) is 3.05. The molecule has 34 heavy (non-hydrogen) atoms. The highest BCUT2D eigenvalue weighted by atomic mass is 32.3. The summed E-state index contributed by atoms with van der Waals surface area (Å²) < 4.78 is 40.7. The van der Waals surface area contributed by atoms with Crippen molar-refractivity contribution in [3.05, 3.63) is 10.4 Å². The summed E-state index contributed by atoms with van der Waals surface area (Å²) in [5.74, 6) is 0. The van der Waals surface area contributed by atoms with Crippen LogP contribution in [0.5, 0.6) is 0 Å². The largest absolute Gasteiger partial charge is 0.416 e. The zero-order valence-electron chi connectivity index (χ0n) is 22.4. The minimum absolute atomic E-state index is 0.0124. The zero-order chi connectivity index (χ0) is 25.7. The van der Waals surface area contributed by atoms with E-state index in [4.69, 9.17) is 18.3 Å². The maximum absolute atomic E-state index is 12.0. The van der Waals surface area contributed by atoms with Crippen molar-refractivity contribution >= 4 is 18.7 Å². The maximum Gasteiger partial charge on any atom is 0.400 e. The number of unbranched alkanes of at least 4 members (excludes halogenated alkanes) is 11. The molecule has 0 amide bonds. The highest BCUT2D eigenvalue weighted by molar-refractivity contribution is 7.82. The molecular weight excluding hydrogens is 470 g/mol. The first-order chi connectivity index (χ1) is 15.9. The van der Waals surface area contributed by atoms with Gasteiger partial charge in [-0.1, -0.05) is 110 Å². The number of hydrogen-bond acceptors (Lipinski definition) is 6. The monoisotopic (exact) mass is 519 g/mol. The smallest absolute Gasteiger partial charge is 0.400 e. The summed E-state index contributed by atoms with van der Waals surface area (Å²) in [6.07, 6.45) is 13.9. The van der Waals surface area contributed by atoms with Crippen LogP contribution in [0.4, 0.5) is 0 Å². The highest BCUT2D eigenvalue weighted by Crippen LogP contribution is 2.37. The number of hydrogen-bond donors (Lipinski definition) is 0. The molecule has 0 saturated carbocycles. The lowest BCUT2D eigenvalue weighted by Gasteiger charge is -2.37. The van der Waals surface area contributed by atoms with Gasteiger partial charge in [-0.3, -0.25) is 0 Å². The predicted octanol–water partition coefficient (Wildman–Crippen LogP) is 7.81. The number of rotatable bonds is 18. The van der Waals surface area contributed by atoms with E-state index >= 15 is 0 Å². The van der Waals surface area contributed by atoms with Gasteiger partial charge in [0.25, 0.3) is 0 Å². The van der Waals surface area contributed by atoms with E-state index in [1.54, 1.807) is 0 Å². The molecule has 1 saturated heterocycles. The first-order valence-corrected chi connectivity index (χ1v) is 17.5. The van der Waals surface area contributed by atoms with Crippen LogP contribution in [0.2, 0.25) is 18.1 Å². The summed E-state index contributed by atoms with van der Waals surface area (Å²) in [7, 11) is -6.18. The first-order valence-electron chi connectivity index (χ1n) is 13.2.